The van der Waals surface area contributed by atoms with E-state index in [9.17, 15) is 9.59 Å². The van der Waals surface area contributed by atoms with E-state index in [0.29, 0.717) is 24.0 Å². The molecule has 1 atom stereocenters. The molecule has 25 heavy (non-hydrogen) atoms. The van der Waals surface area contributed by atoms with E-state index < -0.39 is 5.38 Å². The summed E-state index contributed by atoms with van der Waals surface area (Å²) in [6.45, 7) is 2.22. The third-order valence-corrected chi connectivity index (χ3v) is 4.46. The molecule has 1 aromatic heterocycles. The Hall–Kier alpha value is -2.34. The highest BCUT2D eigenvalue weighted by Gasteiger charge is 2.31. The average Bonchev–Trinajstić information content (AvgIpc) is 3.34. The normalized spacial score (nSPS) is 14.8. The maximum Gasteiger partial charge on any atom is 0.245 e. The van der Waals surface area contributed by atoms with E-state index in [4.69, 9.17) is 16.1 Å². The van der Waals surface area contributed by atoms with Gasteiger partial charge in [0.05, 0.1) is 6.54 Å². The van der Waals surface area contributed by atoms with Gasteiger partial charge in [0.15, 0.2) is 5.82 Å². The van der Waals surface area contributed by atoms with Crippen LogP contribution in [0.5, 0.6) is 0 Å². The van der Waals surface area contributed by atoms with E-state index in [1.165, 1.54) is 4.90 Å². The smallest absolute Gasteiger partial charge is 0.245 e. The fraction of sp³-hybridized carbons (Fsp3) is 0.389. The Bertz CT molecular complexity index is 743. The van der Waals surface area contributed by atoms with Crippen molar-refractivity contribution in [2.24, 2.45) is 5.92 Å². The number of nitrogens with one attached hydrogen (secondary N) is 1. The highest BCUT2D eigenvalue weighted by Crippen LogP contribution is 2.31. The summed E-state index contributed by atoms with van der Waals surface area (Å²) in [6, 6.07) is 10.8. The van der Waals surface area contributed by atoms with Gasteiger partial charge in [-0.3, -0.25) is 9.59 Å². The van der Waals surface area contributed by atoms with Gasteiger partial charge in [0.25, 0.3) is 0 Å². The molecule has 1 aliphatic rings. The number of alkyl halides is 1. The molecular weight excluding hydrogens is 342 g/mol. The van der Waals surface area contributed by atoms with Crippen molar-refractivity contribution in [3.05, 3.63) is 47.7 Å². The van der Waals surface area contributed by atoms with Crippen LogP contribution in [0.1, 0.15) is 29.5 Å². The van der Waals surface area contributed by atoms with Gasteiger partial charge >= 0.3 is 0 Å². The van der Waals surface area contributed by atoms with Gasteiger partial charge in [0.2, 0.25) is 11.8 Å². The summed E-state index contributed by atoms with van der Waals surface area (Å²) in [5, 5.41) is 5.56. The van der Waals surface area contributed by atoms with Crippen molar-refractivity contribution >= 4 is 29.2 Å². The zero-order chi connectivity index (χ0) is 17.8. The molecule has 0 aliphatic heterocycles. The van der Waals surface area contributed by atoms with Crippen molar-refractivity contribution in [1.29, 1.82) is 0 Å². The number of aromatic nitrogens is 1. The van der Waals surface area contributed by atoms with E-state index in [1.54, 1.807) is 13.0 Å². The molecule has 2 amide bonds. The van der Waals surface area contributed by atoms with Crippen LogP contribution in [0.2, 0.25) is 0 Å². The van der Waals surface area contributed by atoms with E-state index in [2.05, 4.69) is 10.5 Å². The van der Waals surface area contributed by atoms with Crippen LogP contribution in [0.3, 0.4) is 0 Å². The highest BCUT2D eigenvalue weighted by atomic mass is 35.5. The monoisotopic (exact) mass is 361 g/mol. The highest BCUT2D eigenvalue weighted by molar-refractivity contribution is 6.30. The quantitative estimate of drug-likeness (QED) is 0.769. The van der Waals surface area contributed by atoms with Gasteiger partial charge in [-0.2, -0.15) is 0 Å². The largest absolute Gasteiger partial charge is 0.360 e. The molecule has 1 saturated carbocycles. The number of anilines is 1. The first kappa shape index (κ1) is 17.5. The SMILES string of the molecule is Cc1cc(NC(=O)CN(CC2CC2)C(=O)C(Cl)c2ccccc2)no1. The molecule has 1 heterocycles. The topological polar surface area (TPSA) is 75.4 Å². The van der Waals surface area contributed by atoms with Crippen LogP contribution in [0.25, 0.3) is 0 Å². The maximum absolute atomic E-state index is 12.8. The summed E-state index contributed by atoms with van der Waals surface area (Å²) in [5.41, 5.74) is 0.725. The van der Waals surface area contributed by atoms with Crippen LogP contribution >= 0.6 is 11.6 Å². The zero-order valence-electron chi connectivity index (χ0n) is 13.9. The molecule has 1 unspecified atom stereocenters. The van der Waals surface area contributed by atoms with Crippen LogP contribution in [-0.4, -0.2) is 35.0 Å². The lowest BCUT2D eigenvalue weighted by atomic mass is 10.1. The molecule has 1 aromatic carbocycles. The van der Waals surface area contributed by atoms with E-state index in [-0.39, 0.29) is 18.4 Å². The van der Waals surface area contributed by atoms with E-state index >= 15 is 0 Å². The van der Waals surface area contributed by atoms with Crippen LogP contribution in [-0.2, 0) is 9.59 Å². The minimum Gasteiger partial charge on any atom is -0.360 e. The molecular formula is C18H20ClN3O3. The van der Waals surface area contributed by atoms with Crippen molar-refractivity contribution in [1.82, 2.24) is 10.1 Å². The molecule has 6 nitrogen and oxygen atoms in total. The molecule has 2 aromatic rings. The van der Waals surface area contributed by atoms with Crippen LogP contribution in [0.15, 0.2) is 40.9 Å². The first-order valence-electron chi connectivity index (χ1n) is 8.24. The Kier molecular flexibility index (Phi) is 5.38. The van der Waals surface area contributed by atoms with Crippen molar-refractivity contribution in [2.75, 3.05) is 18.4 Å². The summed E-state index contributed by atoms with van der Waals surface area (Å²) < 4.78 is 4.92. The van der Waals surface area contributed by atoms with Crippen LogP contribution < -0.4 is 5.32 Å². The zero-order valence-corrected chi connectivity index (χ0v) is 14.7. The van der Waals surface area contributed by atoms with Crippen molar-refractivity contribution < 1.29 is 14.1 Å². The van der Waals surface area contributed by atoms with Gasteiger partial charge in [-0.15, -0.1) is 11.6 Å². The van der Waals surface area contributed by atoms with Gasteiger partial charge < -0.3 is 14.7 Å². The Morgan fingerprint density at radius 2 is 2.08 bits per heavy atom. The average molecular weight is 362 g/mol. The number of rotatable bonds is 7. The number of hydrogen-bond acceptors (Lipinski definition) is 4. The minimum absolute atomic E-state index is 0.0582. The van der Waals surface area contributed by atoms with Crippen molar-refractivity contribution in [3.63, 3.8) is 0 Å². The summed E-state index contributed by atoms with van der Waals surface area (Å²) >= 11 is 6.35. The lowest BCUT2D eigenvalue weighted by Gasteiger charge is -2.24. The predicted molar refractivity (Wildman–Crippen MR) is 94.2 cm³/mol. The molecule has 1 aliphatic carbocycles. The summed E-state index contributed by atoms with van der Waals surface area (Å²) in [4.78, 5) is 26.6. The molecule has 132 valence electrons. The number of benzene rings is 1. The number of carbonyl (C=O) groups is 2. The fourth-order valence-electron chi connectivity index (χ4n) is 2.55. The Labute approximate surface area is 151 Å². The molecule has 1 N–H and O–H groups in total. The van der Waals surface area contributed by atoms with Gasteiger partial charge in [-0.25, -0.2) is 0 Å². The summed E-state index contributed by atoms with van der Waals surface area (Å²) in [5.74, 6) is 0.814. The van der Waals surface area contributed by atoms with Crippen molar-refractivity contribution in [3.8, 4) is 0 Å². The molecule has 0 radical (unpaired) electrons. The first-order valence-corrected chi connectivity index (χ1v) is 8.67. The molecule has 0 spiro atoms. The number of nitrogens with zero attached hydrogens (tertiary/aromatic N) is 2. The van der Waals surface area contributed by atoms with Gasteiger partial charge in [0, 0.05) is 12.6 Å². The van der Waals surface area contributed by atoms with E-state index in [0.717, 1.165) is 18.4 Å². The number of carbonyl (C=O) groups excluding carboxylic acids is 2. The molecule has 0 bridgehead atoms. The second kappa shape index (κ2) is 7.70. The number of aryl methyl sites for hydroxylation is 1. The second-order valence-electron chi connectivity index (χ2n) is 6.31. The Morgan fingerprint density at radius 1 is 1.36 bits per heavy atom. The molecule has 1 fully saturated rings. The standard InChI is InChI=1S/C18H20ClN3O3/c1-12-9-15(21-25-12)20-16(23)11-22(10-13-7-8-13)18(24)17(19)14-5-3-2-4-6-14/h2-6,9,13,17H,7-8,10-11H2,1H3,(H,20,21,23). The van der Waals surface area contributed by atoms with Gasteiger partial charge in [-0.1, -0.05) is 35.5 Å². The maximum atomic E-state index is 12.8. The third-order valence-electron chi connectivity index (χ3n) is 4.03. The number of hydrogen-bond donors (Lipinski definition) is 1. The van der Waals surface area contributed by atoms with Gasteiger partial charge in [-0.05, 0) is 31.2 Å². The summed E-state index contributed by atoms with van der Waals surface area (Å²) in [7, 11) is 0. The number of halogens is 1. The molecule has 7 heteroatoms. The van der Waals surface area contributed by atoms with Crippen LogP contribution in [0, 0.1) is 12.8 Å². The Morgan fingerprint density at radius 3 is 2.68 bits per heavy atom. The third kappa shape index (κ3) is 4.82. The van der Waals surface area contributed by atoms with Crippen molar-refractivity contribution in [2.45, 2.75) is 25.1 Å². The van der Waals surface area contributed by atoms with Gasteiger partial charge in [0.1, 0.15) is 11.1 Å². The first-order chi connectivity index (χ1) is 12.0. The fourth-order valence-corrected chi connectivity index (χ4v) is 2.83. The lowest BCUT2D eigenvalue weighted by Crippen LogP contribution is -2.41. The lowest BCUT2D eigenvalue weighted by molar-refractivity contribution is -0.134. The molecule has 3 rings (SSSR count). The van der Waals surface area contributed by atoms with Crippen LogP contribution in [0.4, 0.5) is 5.82 Å². The second-order valence-corrected chi connectivity index (χ2v) is 6.74. The Balaban J connectivity index is 1.66. The predicted octanol–water partition coefficient (Wildman–Crippen LogP) is 3.14. The molecule has 0 saturated heterocycles. The van der Waals surface area contributed by atoms with E-state index in [1.807, 2.05) is 30.3 Å². The number of amides is 2. The minimum atomic E-state index is -0.804. The summed E-state index contributed by atoms with van der Waals surface area (Å²) in [6.07, 6.45) is 2.15.